The van der Waals surface area contributed by atoms with Crippen molar-refractivity contribution in [2.45, 2.75) is 38.5 Å². The van der Waals surface area contributed by atoms with Crippen LogP contribution in [0.3, 0.4) is 0 Å². The molecule has 1 aromatic rings. The smallest absolute Gasteiger partial charge is 0.258 e. The van der Waals surface area contributed by atoms with E-state index in [9.17, 15) is 4.79 Å². The molecule has 0 saturated heterocycles. The molecule has 0 aliphatic heterocycles. The number of halogens is 1. The summed E-state index contributed by atoms with van der Waals surface area (Å²) in [5.41, 5.74) is 0.860. The quantitative estimate of drug-likeness (QED) is 0.837. The second kappa shape index (κ2) is 4.77. The van der Waals surface area contributed by atoms with Gasteiger partial charge in [-0.05, 0) is 79.4 Å². The molecule has 4 saturated carbocycles. The van der Waals surface area contributed by atoms with Crippen molar-refractivity contribution in [1.29, 1.82) is 0 Å². The van der Waals surface area contributed by atoms with Crippen LogP contribution in [0.5, 0.6) is 0 Å². The third kappa shape index (κ3) is 2.30. The molecule has 4 fully saturated rings. The monoisotopic (exact) mass is 307 g/mol. The van der Waals surface area contributed by atoms with Gasteiger partial charge in [0.1, 0.15) is 0 Å². The Morgan fingerprint density at radius 2 is 1.86 bits per heavy atom. The predicted molar refractivity (Wildman–Crippen MR) is 81.3 cm³/mol. The van der Waals surface area contributed by atoms with Crippen LogP contribution in [0.2, 0.25) is 5.22 Å². The lowest BCUT2D eigenvalue weighted by molar-refractivity contribution is -0.0629. The van der Waals surface area contributed by atoms with E-state index in [1.54, 1.807) is 6.07 Å². The maximum absolute atomic E-state index is 12.5. The van der Waals surface area contributed by atoms with Crippen LogP contribution in [0.15, 0.2) is 16.7 Å². The summed E-state index contributed by atoms with van der Waals surface area (Å²) in [6, 6.07) is 1.67. The minimum atomic E-state index is -0.00973. The van der Waals surface area contributed by atoms with E-state index in [1.165, 1.54) is 44.8 Å². The largest absolute Gasteiger partial charge is 0.452 e. The first-order chi connectivity index (χ1) is 10.0. The molecule has 0 aromatic carbocycles. The Morgan fingerprint density at radius 1 is 1.29 bits per heavy atom. The van der Waals surface area contributed by atoms with E-state index < -0.39 is 0 Å². The molecule has 4 bridgehead atoms. The number of hydrogen-bond donors (Lipinski definition) is 0. The van der Waals surface area contributed by atoms with Crippen LogP contribution < -0.4 is 0 Å². The average Bonchev–Trinajstić information content (AvgIpc) is 2.81. The highest BCUT2D eigenvalue weighted by molar-refractivity contribution is 6.32. The fraction of sp³-hybridized carbons (Fsp3) is 0.706. The lowest BCUT2D eigenvalue weighted by Crippen LogP contribution is -2.51. The molecule has 1 heterocycles. The Morgan fingerprint density at radius 3 is 2.33 bits per heavy atom. The summed E-state index contributed by atoms with van der Waals surface area (Å²) in [6.45, 7) is 0.872. The Kier molecular flexibility index (Phi) is 3.11. The van der Waals surface area contributed by atoms with Gasteiger partial charge >= 0.3 is 0 Å². The maximum Gasteiger partial charge on any atom is 0.258 e. The second-order valence-electron chi connectivity index (χ2n) is 7.69. The van der Waals surface area contributed by atoms with Crippen molar-refractivity contribution in [2.75, 3.05) is 13.6 Å². The van der Waals surface area contributed by atoms with Gasteiger partial charge in [0, 0.05) is 13.6 Å². The van der Waals surface area contributed by atoms with E-state index in [4.69, 9.17) is 16.0 Å². The fourth-order valence-electron chi connectivity index (χ4n) is 5.71. The summed E-state index contributed by atoms with van der Waals surface area (Å²) in [5.74, 6) is 2.73. The van der Waals surface area contributed by atoms with Gasteiger partial charge in [0.15, 0.2) is 0 Å². The molecule has 114 valence electrons. The molecule has 21 heavy (non-hydrogen) atoms. The zero-order valence-corrected chi connectivity index (χ0v) is 13.2. The van der Waals surface area contributed by atoms with Crippen molar-refractivity contribution in [3.8, 4) is 0 Å². The Bertz CT molecular complexity index is 530. The van der Waals surface area contributed by atoms with Crippen LogP contribution in [-0.2, 0) is 0 Å². The zero-order valence-electron chi connectivity index (χ0n) is 12.5. The second-order valence-corrected chi connectivity index (χ2v) is 8.03. The molecule has 4 heteroatoms. The van der Waals surface area contributed by atoms with Crippen LogP contribution in [-0.4, -0.2) is 24.4 Å². The number of nitrogens with zero attached hydrogens (tertiary/aromatic N) is 1. The first-order valence-electron chi connectivity index (χ1n) is 8.03. The lowest BCUT2D eigenvalue weighted by atomic mass is 9.49. The number of carbonyl (C=O) groups is 1. The van der Waals surface area contributed by atoms with Crippen molar-refractivity contribution in [2.24, 2.45) is 23.2 Å². The summed E-state index contributed by atoms with van der Waals surface area (Å²) in [5, 5.41) is 0.206. The highest BCUT2D eigenvalue weighted by Crippen LogP contribution is 2.60. The maximum atomic E-state index is 12.5. The van der Waals surface area contributed by atoms with E-state index >= 15 is 0 Å². The molecule has 1 aromatic heterocycles. The lowest BCUT2D eigenvalue weighted by Gasteiger charge is -2.57. The van der Waals surface area contributed by atoms with E-state index in [0.717, 1.165) is 24.3 Å². The number of rotatable bonds is 3. The Hall–Kier alpha value is -0.960. The van der Waals surface area contributed by atoms with Gasteiger partial charge in [0.25, 0.3) is 5.91 Å². The molecule has 0 radical (unpaired) electrons. The molecule has 0 spiro atoms. The standard InChI is InChI=1S/C17H22ClNO2/c1-19(16(20)14-2-3-21-15(14)18)10-17-7-11-4-12(8-17)6-13(5-11)9-17/h2-3,11-13H,4-10H2,1H3. The summed E-state index contributed by atoms with van der Waals surface area (Å²) < 4.78 is 5.05. The SMILES string of the molecule is CN(CC12CC3CC(CC(C3)C1)C2)C(=O)c1ccoc1Cl. The van der Waals surface area contributed by atoms with Gasteiger partial charge in [-0.15, -0.1) is 0 Å². The van der Waals surface area contributed by atoms with Gasteiger partial charge in [-0.3, -0.25) is 4.79 Å². The number of hydrogen-bond acceptors (Lipinski definition) is 2. The third-order valence-electron chi connectivity index (χ3n) is 5.93. The molecule has 0 atom stereocenters. The van der Waals surface area contributed by atoms with Crippen molar-refractivity contribution in [3.63, 3.8) is 0 Å². The van der Waals surface area contributed by atoms with Crippen LogP contribution in [0.4, 0.5) is 0 Å². The molecular formula is C17H22ClNO2. The van der Waals surface area contributed by atoms with E-state index in [-0.39, 0.29) is 11.1 Å². The number of carbonyl (C=O) groups excluding carboxylic acids is 1. The van der Waals surface area contributed by atoms with E-state index in [1.807, 2.05) is 11.9 Å². The first kappa shape index (κ1) is 13.7. The van der Waals surface area contributed by atoms with E-state index in [2.05, 4.69) is 0 Å². The van der Waals surface area contributed by atoms with Gasteiger partial charge < -0.3 is 9.32 Å². The van der Waals surface area contributed by atoms with Gasteiger partial charge in [-0.25, -0.2) is 0 Å². The van der Waals surface area contributed by atoms with Gasteiger partial charge in [-0.1, -0.05) is 0 Å². The molecule has 0 N–H and O–H groups in total. The summed E-state index contributed by atoms with van der Waals surface area (Å²) in [6.07, 6.45) is 9.73. The minimum Gasteiger partial charge on any atom is -0.452 e. The van der Waals surface area contributed by atoms with Crippen LogP contribution in [0, 0.1) is 23.2 Å². The molecule has 3 nitrogen and oxygen atoms in total. The molecule has 1 amide bonds. The van der Waals surface area contributed by atoms with Crippen molar-refractivity contribution >= 4 is 17.5 Å². The molecule has 4 aliphatic carbocycles. The van der Waals surface area contributed by atoms with Gasteiger partial charge in [0.2, 0.25) is 5.22 Å². The highest BCUT2D eigenvalue weighted by Gasteiger charge is 2.51. The van der Waals surface area contributed by atoms with Crippen LogP contribution >= 0.6 is 11.6 Å². The van der Waals surface area contributed by atoms with Gasteiger partial charge in [-0.2, -0.15) is 0 Å². The van der Waals surface area contributed by atoms with Crippen LogP contribution in [0.1, 0.15) is 48.9 Å². The van der Waals surface area contributed by atoms with Gasteiger partial charge in [0.05, 0.1) is 11.8 Å². The molecular weight excluding hydrogens is 286 g/mol. The highest BCUT2D eigenvalue weighted by atomic mass is 35.5. The molecule has 4 aliphatic rings. The third-order valence-corrected chi connectivity index (χ3v) is 6.23. The first-order valence-corrected chi connectivity index (χ1v) is 8.41. The molecule has 5 rings (SSSR count). The van der Waals surface area contributed by atoms with Crippen molar-refractivity contribution in [1.82, 2.24) is 4.90 Å². The normalized spacial score (nSPS) is 37.0. The van der Waals surface area contributed by atoms with E-state index in [0.29, 0.717) is 11.0 Å². The Balaban J connectivity index is 1.51. The summed E-state index contributed by atoms with van der Waals surface area (Å²) in [7, 11) is 1.91. The van der Waals surface area contributed by atoms with Crippen molar-refractivity contribution < 1.29 is 9.21 Å². The van der Waals surface area contributed by atoms with Crippen molar-refractivity contribution in [3.05, 3.63) is 23.1 Å². The average molecular weight is 308 g/mol. The Labute approximate surface area is 130 Å². The number of amides is 1. The summed E-state index contributed by atoms with van der Waals surface area (Å²) in [4.78, 5) is 14.4. The zero-order chi connectivity index (χ0) is 14.6. The predicted octanol–water partition coefficient (Wildman–Crippen LogP) is 4.22. The van der Waals surface area contributed by atoms with Crippen LogP contribution in [0.25, 0.3) is 0 Å². The number of furan rings is 1. The summed E-state index contributed by atoms with van der Waals surface area (Å²) >= 11 is 5.94. The topological polar surface area (TPSA) is 33.5 Å². The fourth-order valence-corrected chi connectivity index (χ4v) is 5.91. The molecule has 0 unspecified atom stereocenters. The minimum absolute atomic E-state index is 0.00973.